The van der Waals surface area contributed by atoms with Crippen LogP contribution in [-0.2, 0) is 9.47 Å². The first-order valence-electron chi connectivity index (χ1n) is 7.26. The lowest BCUT2D eigenvalue weighted by molar-refractivity contribution is -0.163. The van der Waals surface area contributed by atoms with Crippen molar-refractivity contribution in [1.82, 2.24) is 0 Å². The summed E-state index contributed by atoms with van der Waals surface area (Å²) in [6, 6.07) is 6.29. The average molecular weight is 263 g/mol. The first-order chi connectivity index (χ1) is 9.16. The molecule has 1 heterocycles. The van der Waals surface area contributed by atoms with Crippen molar-refractivity contribution < 1.29 is 9.47 Å². The van der Waals surface area contributed by atoms with Gasteiger partial charge in [-0.2, -0.15) is 0 Å². The molecule has 1 unspecified atom stereocenters. The Bertz CT molecular complexity index is 400. The summed E-state index contributed by atoms with van der Waals surface area (Å²) in [5, 5.41) is 0. The van der Waals surface area contributed by atoms with Gasteiger partial charge in [0.1, 0.15) is 0 Å². The summed E-state index contributed by atoms with van der Waals surface area (Å²) >= 11 is 0. The molecule has 1 aromatic carbocycles. The normalized spacial score (nSPS) is 21.3. The molecule has 0 saturated carbocycles. The second-order valence-electron chi connectivity index (χ2n) is 5.49. The van der Waals surface area contributed by atoms with Crippen molar-refractivity contribution in [3.8, 4) is 0 Å². The quantitative estimate of drug-likeness (QED) is 0.825. The van der Waals surface area contributed by atoms with E-state index in [4.69, 9.17) is 15.2 Å². The summed E-state index contributed by atoms with van der Waals surface area (Å²) in [5.74, 6) is 0.421. The first-order valence-corrected chi connectivity index (χ1v) is 7.26. The maximum Gasteiger partial charge on any atom is 0.157 e. The first kappa shape index (κ1) is 14.4. The average Bonchev–Trinajstić information content (AvgIpc) is 2.39. The predicted molar refractivity (Wildman–Crippen MR) is 78.2 cm³/mol. The lowest BCUT2D eigenvalue weighted by atomic mass is 9.95. The third-order valence-corrected chi connectivity index (χ3v) is 3.77. The van der Waals surface area contributed by atoms with Gasteiger partial charge in [0, 0.05) is 12.3 Å². The van der Waals surface area contributed by atoms with Crippen molar-refractivity contribution in [2.75, 3.05) is 18.9 Å². The van der Waals surface area contributed by atoms with Crippen molar-refractivity contribution >= 4 is 5.69 Å². The molecule has 2 atom stereocenters. The van der Waals surface area contributed by atoms with E-state index in [0.717, 1.165) is 38.2 Å². The fraction of sp³-hybridized carbons (Fsp3) is 0.625. The lowest BCUT2D eigenvalue weighted by Crippen LogP contribution is -2.23. The molecule has 1 aromatic rings. The van der Waals surface area contributed by atoms with Gasteiger partial charge < -0.3 is 15.2 Å². The summed E-state index contributed by atoms with van der Waals surface area (Å²) < 4.78 is 11.3. The summed E-state index contributed by atoms with van der Waals surface area (Å²) in [7, 11) is 0. The molecule has 0 radical (unpaired) electrons. The van der Waals surface area contributed by atoms with Crippen molar-refractivity contribution in [1.29, 1.82) is 0 Å². The fourth-order valence-corrected chi connectivity index (χ4v) is 2.52. The molecule has 3 heteroatoms. The Morgan fingerprint density at radius 1 is 1.42 bits per heavy atom. The highest BCUT2D eigenvalue weighted by Crippen LogP contribution is 2.26. The van der Waals surface area contributed by atoms with Crippen LogP contribution in [0.4, 0.5) is 5.69 Å². The molecule has 2 rings (SSSR count). The van der Waals surface area contributed by atoms with Gasteiger partial charge in [0.2, 0.25) is 0 Å². The largest absolute Gasteiger partial charge is 0.398 e. The van der Waals surface area contributed by atoms with Gasteiger partial charge in [0.15, 0.2) is 6.29 Å². The van der Waals surface area contributed by atoms with E-state index in [1.54, 1.807) is 0 Å². The highest BCUT2D eigenvalue weighted by atomic mass is 16.7. The summed E-state index contributed by atoms with van der Waals surface area (Å²) in [6.45, 7) is 5.84. The zero-order chi connectivity index (χ0) is 13.7. The van der Waals surface area contributed by atoms with E-state index in [2.05, 4.69) is 26.0 Å². The molecule has 0 aromatic heterocycles. The Labute approximate surface area is 116 Å². The highest BCUT2D eigenvalue weighted by Gasteiger charge is 2.15. The van der Waals surface area contributed by atoms with Gasteiger partial charge in [-0.1, -0.05) is 19.1 Å². The number of ether oxygens (including phenoxy) is 2. The third kappa shape index (κ3) is 4.22. The van der Waals surface area contributed by atoms with E-state index >= 15 is 0 Å². The van der Waals surface area contributed by atoms with Gasteiger partial charge in [-0.25, -0.2) is 0 Å². The molecule has 0 aliphatic carbocycles. The van der Waals surface area contributed by atoms with Crippen LogP contribution >= 0.6 is 0 Å². The van der Waals surface area contributed by atoms with Crippen LogP contribution in [0.1, 0.15) is 49.7 Å². The summed E-state index contributed by atoms with van der Waals surface area (Å²) in [4.78, 5) is 0. The zero-order valence-electron chi connectivity index (χ0n) is 12.0. The molecule has 1 aliphatic rings. The van der Waals surface area contributed by atoms with Crippen LogP contribution in [0, 0.1) is 6.92 Å². The molecule has 1 saturated heterocycles. The van der Waals surface area contributed by atoms with Gasteiger partial charge in [-0.05, 0) is 55.7 Å². The molecule has 2 N–H and O–H groups in total. The molecule has 0 amide bonds. The van der Waals surface area contributed by atoms with Crippen molar-refractivity contribution in [3.63, 3.8) is 0 Å². The van der Waals surface area contributed by atoms with Crippen LogP contribution in [0.5, 0.6) is 0 Å². The molecule has 106 valence electrons. The smallest absolute Gasteiger partial charge is 0.157 e. The summed E-state index contributed by atoms with van der Waals surface area (Å²) in [5.41, 5.74) is 9.39. The van der Waals surface area contributed by atoms with Gasteiger partial charge >= 0.3 is 0 Å². The standard InChI is InChI=1S/C16H25NO2/c1-12-6-7-14(15(17)11-12)13(2)8-10-19-16-5-3-4-9-18-16/h6-7,11,13,16H,3-5,8-10,17H2,1-2H3/t13-,16?/m0/s1. The van der Waals surface area contributed by atoms with Crippen LogP contribution in [0.3, 0.4) is 0 Å². The van der Waals surface area contributed by atoms with E-state index in [1.807, 2.05) is 6.07 Å². The second kappa shape index (κ2) is 6.92. The Hall–Kier alpha value is -1.06. The van der Waals surface area contributed by atoms with Gasteiger partial charge in [0.05, 0.1) is 6.61 Å². The van der Waals surface area contributed by atoms with Gasteiger partial charge in [-0.3, -0.25) is 0 Å². The maximum atomic E-state index is 6.07. The van der Waals surface area contributed by atoms with E-state index in [9.17, 15) is 0 Å². The Balaban J connectivity index is 1.78. The number of nitrogens with two attached hydrogens (primary N) is 1. The van der Waals surface area contributed by atoms with Crippen LogP contribution in [0.25, 0.3) is 0 Å². The van der Waals surface area contributed by atoms with Crippen LogP contribution in [0.2, 0.25) is 0 Å². The molecule has 1 aliphatic heterocycles. The Morgan fingerprint density at radius 2 is 2.26 bits per heavy atom. The van der Waals surface area contributed by atoms with E-state index in [-0.39, 0.29) is 6.29 Å². The number of aryl methyl sites for hydroxylation is 1. The fourth-order valence-electron chi connectivity index (χ4n) is 2.52. The molecule has 1 fully saturated rings. The topological polar surface area (TPSA) is 44.5 Å². The molecular weight excluding hydrogens is 238 g/mol. The van der Waals surface area contributed by atoms with Crippen molar-refractivity contribution in [2.24, 2.45) is 0 Å². The van der Waals surface area contributed by atoms with Gasteiger partial charge in [-0.15, -0.1) is 0 Å². The molecule has 19 heavy (non-hydrogen) atoms. The minimum atomic E-state index is 0.0105. The minimum absolute atomic E-state index is 0.0105. The lowest BCUT2D eigenvalue weighted by Gasteiger charge is -2.23. The maximum absolute atomic E-state index is 6.07. The number of benzene rings is 1. The number of hydrogen-bond donors (Lipinski definition) is 1. The van der Waals surface area contributed by atoms with Gasteiger partial charge in [0.25, 0.3) is 0 Å². The Kier molecular flexibility index (Phi) is 5.23. The molecular formula is C16H25NO2. The SMILES string of the molecule is Cc1ccc([C@@H](C)CCOC2CCCCO2)c(N)c1. The zero-order valence-corrected chi connectivity index (χ0v) is 12.0. The molecule has 0 bridgehead atoms. The number of rotatable bonds is 5. The predicted octanol–water partition coefficient (Wildman–Crippen LogP) is 3.61. The van der Waals surface area contributed by atoms with Crippen molar-refractivity contribution in [3.05, 3.63) is 29.3 Å². The molecule has 0 spiro atoms. The van der Waals surface area contributed by atoms with Crippen LogP contribution in [0.15, 0.2) is 18.2 Å². The minimum Gasteiger partial charge on any atom is -0.398 e. The monoisotopic (exact) mass is 263 g/mol. The second-order valence-corrected chi connectivity index (χ2v) is 5.49. The third-order valence-electron chi connectivity index (χ3n) is 3.77. The van der Waals surface area contributed by atoms with E-state index in [0.29, 0.717) is 5.92 Å². The van der Waals surface area contributed by atoms with E-state index in [1.165, 1.54) is 17.5 Å². The number of hydrogen-bond acceptors (Lipinski definition) is 3. The van der Waals surface area contributed by atoms with E-state index < -0.39 is 0 Å². The van der Waals surface area contributed by atoms with Crippen LogP contribution in [-0.4, -0.2) is 19.5 Å². The molecule has 3 nitrogen and oxygen atoms in total. The Morgan fingerprint density at radius 3 is 2.95 bits per heavy atom. The van der Waals surface area contributed by atoms with Crippen molar-refractivity contribution in [2.45, 2.75) is 51.7 Å². The summed E-state index contributed by atoms with van der Waals surface area (Å²) in [6.07, 6.45) is 4.39. The highest BCUT2D eigenvalue weighted by molar-refractivity contribution is 5.50. The number of anilines is 1. The number of nitrogen functional groups attached to an aromatic ring is 1. The van der Waals surface area contributed by atoms with Crippen LogP contribution < -0.4 is 5.73 Å².